The van der Waals surface area contributed by atoms with Crippen LogP contribution < -0.4 is 10.1 Å². The van der Waals surface area contributed by atoms with Gasteiger partial charge in [-0.25, -0.2) is 9.78 Å². The van der Waals surface area contributed by atoms with Crippen LogP contribution in [0.3, 0.4) is 0 Å². The van der Waals surface area contributed by atoms with Crippen LogP contribution in [0, 0.1) is 5.41 Å². The number of hydrogen-bond donors (Lipinski definition) is 2. The molecule has 0 saturated carbocycles. The van der Waals surface area contributed by atoms with Crippen LogP contribution in [0.4, 0.5) is 0 Å². The largest absolute Gasteiger partial charge is 0.508 e. The van der Waals surface area contributed by atoms with E-state index in [1.165, 1.54) is 22.3 Å². The zero-order valence-electron chi connectivity index (χ0n) is 30.3. The molecule has 0 aromatic heterocycles. The number of carbonyl (C=O) groups excluding carboxylic acids is 2. The monoisotopic (exact) mass is 708 g/mol. The molecule has 1 spiro atoms. The molecule has 52 heavy (non-hydrogen) atoms. The number of aromatic hydroxyl groups is 1. The third kappa shape index (κ3) is 8.43. The summed E-state index contributed by atoms with van der Waals surface area (Å²) in [6.45, 7) is 13.9. The first-order valence-electron chi connectivity index (χ1n) is 18.8. The lowest BCUT2D eigenvalue weighted by Crippen LogP contribution is -2.72. The van der Waals surface area contributed by atoms with Gasteiger partial charge in [0.15, 0.2) is 0 Å². The van der Waals surface area contributed by atoms with E-state index in [2.05, 4.69) is 82.4 Å². The molecule has 276 valence electrons. The first kappa shape index (κ1) is 36.3. The summed E-state index contributed by atoms with van der Waals surface area (Å²) in [6.07, 6.45) is 3.61. The van der Waals surface area contributed by atoms with E-state index in [-0.39, 0.29) is 24.5 Å². The molecule has 0 radical (unpaired) electrons. The van der Waals surface area contributed by atoms with Crippen molar-refractivity contribution in [2.24, 2.45) is 5.41 Å². The molecule has 3 saturated heterocycles. The molecule has 1 aliphatic carbocycles. The smallest absolute Gasteiger partial charge is 0.243 e. The number of fused-ring (bicyclic) bond motifs is 1. The number of hydrogen-bond acceptors (Lipinski definition) is 9. The van der Waals surface area contributed by atoms with Gasteiger partial charge in [-0.3, -0.25) is 29.6 Å². The number of likely N-dealkylation sites (tertiary alicyclic amines) is 2. The fourth-order valence-electron chi connectivity index (χ4n) is 8.67. The number of aryl methyl sites for hydroxylation is 1. The number of ether oxygens (including phenoxy) is 1. The highest BCUT2D eigenvalue weighted by Gasteiger charge is 2.51. The van der Waals surface area contributed by atoms with E-state index in [1.807, 2.05) is 24.0 Å². The number of amides is 2. The van der Waals surface area contributed by atoms with Crippen LogP contribution in [0.25, 0.3) is 0 Å². The van der Waals surface area contributed by atoms with E-state index >= 15 is 0 Å². The minimum absolute atomic E-state index is 0.145. The molecule has 4 aliphatic rings. The average Bonchev–Trinajstić information content (AvgIpc) is 3.12. The second-order valence-corrected chi connectivity index (χ2v) is 15.1. The van der Waals surface area contributed by atoms with Crippen molar-refractivity contribution >= 4 is 11.8 Å². The quantitative estimate of drug-likeness (QED) is 0.0518. The molecule has 3 aromatic rings. The molecule has 3 heterocycles. The number of phenolic OH excluding ortho intramolecular Hbond substituents is 1. The van der Waals surface area contributed by atoms with Gasteiger partial charge in [0, 0.05) is 63.6 Å². The van der Waals surface area contributed by atoms with Crippen molar-refractivity contribution in [3.63, 3.8) is 0 Å². The molecule has 0 unspecified atom stereocenters. The van der Waals surface area contributed by atoms with Crippen LogP contribution >= 0.6 is 0 Å². The molecule has 10 nitrogen and oxygen atoms in total. The predicted molar refractivity (Wildman–Crippen MR) is 199 cm³/mol. The first-order chi connectivity index (χ1) is 25.3. The predicted octanol–water partition coefficient (Wildman–Crippen LogP) is 5.23. The van der Waals surface area contributed by atoms with Gasteiger partial charge in [0.05, 0.1) is 12.6 Å². The topological polar surface area (TPSA) is 104 Å². The molecular weight excluding hydrogens is 656 g/mol. The summed E-state index contributed by atoms with van der Waals surface area (Å²) in [7, 11) is 0. The van der Waals surface area contributed by atoms with Crippen LogP contribution in [0.5, 0.6) is 11.5 Å². The van der Waals surface area contributed by atoms with Gasteiger partial charge >= 0.3 is 0 Å². The van der Waals surface area contributed by atoms with Gasteiger partial charge < -0.3 is 9.84 Å². The van der Waals surface area contributed by atoms with E-state index < -0.39 is 6.04 Å². The Kier molecular flexibility index (Phi) is 11.4. The number of nitrogens with zero attached hydrogens (tertiary/aromatic N) is 3. The van der Waals surface area contributed by atoms with E-state index in [4.69, 9.17) is 14.5 Å². The maximum atomic E-state index is 12.4. The van der Waals surface area contributed by atoms with E-state index in [9.17, 15) is 14.7 Å². The summed E-state index contributed by atoms with van der Waals surface area (Å²) in [4.78, 5) is 41.8. The van der Waals surface area contributed by atoms with Gasteiger partial charge in [-0.1, -0.05) is 67.6 Å². The Morgan fingerprint density at radius 3 is 2.35 bits per heavy atom. The first-order valence-corrected chi connectivity index (χ1v) is 18.8. The lowest BCUT2D eigenvalue weighted by molar-refractivity contribution is -0.319. The molecule has 7 rings (SSSR count). The zero-order chi connectivity index (χ0) is 36.1. The van der Waals surface area contributed by atoms with Crippen molar-refractivity contribution in [2.75, 3.05) is 65.8 Å². The summed E-state index contributed by atoms with van der Waals surface area (Å²) in [5.41, 5.74) is 6.54. The molecule has 3 aliphatic heterocycles. The van der Waals surface area contributed by atoms with Crippen molar-refractivity contribution in [1.82, 2.24) is 20.0 Å². The number of piperidine rings is 1. The lowest BCUT2D eigenvalue weighted by atomic mass is 9.69. The van der Waals surface area contributed by atoms with Gasteiger partial charge in [0.25, 0.3) is 0 Å². The Morgan fingerprint density at radius 1 is 0.904 bits per heavy atom. The molecule has 2 N–H and O–H groups in total. The van der Waals surface area contributed by atoms with Crippen molar-refractivity contribution in [3.05, 3.63) is 107 Å². The number of phenols is 1. The molecular formula is C42H52N4O6. The third-order valence-corrected chi connectivity index (χ3v) is 11.3. The number of benzene rings is 3. The SMILES string of the molecule is C=C(CC)CN(COOCCN1CC2(C1)CN(CCOc1ccc([C@@H]3c4ccc(O)cc4CC[C@@H]3c3ccccc3)cc1)C2)[C@H]1CCC(=O)NC1=O. The highest BCUT2D eigenvalue weighted by Crippen LogP contribution is 2.47. The minimum Gasteiger partial charge on any atom is -0.508 e. The van der Waals surface area contributed by atoms with Crippen LogP contribution in [-0.2, 0) is 25.8 Å². The fourth-order valence-corrected chi connectivity index (χ4v) is 8.67. The normalized spacial score (nSPS) is 22.8. The van der Waals surface area contributed by atoms with Crippen molar-refractivity contribution in [3.8, 4) is 11.5 Å². The summed E-state index contributed by atoms with van der Waals surface area (Å²) >= 11 is 0. The van der Waals surface area contributed by atoms with Crippen molar-refractivity contribution in [2.45, 2.75) is 56.9 Å². The average molecular weight is 709 g/mol. The van der Waals surface area contributed by atoms with Crippen LogP contribution in [-0.4, -0.2) is 103 Å². The maximum absolute atomic E-state index is 12.4. The summed E-state index contributed by atoms with van der Waals surface area (Å²) in [5, 5.41) is 12.6. The highest BCUT2D eigenvalue weighted by molar-refractivity contribution is 6.00. The summed E-state index contributed by atoms with van der Waals surface area (Å²) < 4.78 is 6.20. The minimum atomic E-state index is -0.428. The molecule has 3 aromatic carbocycles. The van der Waals surface area contributed by atoms with Gasteiger partial charge in [-0.05, 0) is 78.1 Å². The Morgan fingerprint density at radius 2 is 1.63 bits per heavy atom. The number of rotatable bonds is 16. The van der Waals surface area contributed by atoms with Crippen LogP contribution in [0.2, 0.25) is 0 Å². The van der Waals surface area contributed by atoms with E-state index in [0.29, 0.717) is 49.7 Å². The van der Waals surface area contributed by atoms with Gasteiger partial charge in [0.1, 0.15) is 24.8 Å². The molecule has 3 atom stereocenters. The highest BCUT2D eigenvalue weighted by atomic mass is 17.2. The molecule has 10 heteroatoms. The van der Waals surface area contributed by atoms with E-state index in [1.54, 1.807) is 0 Å². The zero-order valence-corrected chi connectivity index (χ0v) is 30.3. The lowest BCUT2D eigenvalue weighted by Gasteiger charge is -2.60. The van der Waals surface area contributed by atoms with Crippen LogP contribution in [0.15, 0.2) is 84.9 Å². The van der Waals surface area contributed by atoms with Crippen LogP contribution in [0.1, 0.15) is 66.7 Å². The van der Waals surface area contributed by atoms with E-state index in [0.717, 1.165) is 69.9 Å². The number of nitrogens with one attached hydrogen (secondary N) is 1. The Hall–Kier alpha value is -4.06. The summed E-state index contributed by atoms with van der Waals surface area (Å²) in [5.74, 6) is 1.32. The second kappa shape index (κ2) is 16.3. The Labute approximate surface area is 307 Å². The Bertz CT molecular complexity index is 1700. The number of carbonyl (C=O) groups is 2. The number of imide groups is 1. The second-order valence-electron chi connectivity index (χ2n) is 15.1. The molecule has 0 bridgehead atoms. The molecule has 2 amide bonds. The summed E-state index contributed by atoms with van der Waals surface area (Å²) in [6, 6.07) is 24.9. The van der Waals surface area contributed by atoms with Crippen molar-refractivity contribution in [1.29, 1.82) is 0 Å². The fraction of sp³-hybridized carbons (Fsp3) is 0.476. The molecule has 3 fully saturated rings. The third-order valence-electron chi connectivity index (χ3n) is 11.3. The van der Waals surface area contributed by atoms with Crippen molar-refractivity contribution < 1.29 is 29.2 Å². The Balaban J connectivity index is 0.809. The van der Waals surface area contributed by atoms with Gasteiger partial charge in [-0.2, -0.15) is 0 Å². The maximum Gasteiger partial charge on any atom is 0.243 e. The van der Waals surface area contributed by atoms with Gasteiger partial charge in [0.2, 0.25) is 11.8 Å². The standard InChI is InChI=1S/C42H52N4O6/c1-3-30(2)24-46(38-17-18-39(48)43-41(38)49)29-52-51-22-20-45-27-42(28-45)25-44(26-42)19-21-50-35-13-9-32(10-14-35)40-36(31-7-5-4-6-8-31)15-11-33-23-34(47)12-16-37(33)40/h4-10,12-14,16,23,36,38,40,47H,2-3,11,15,17-22,24-29H2,1H3,(H,43,48,49)/t36-,38+,40+/m1/s1. The van der Waals surface area contributed by atoms with Gasteiger partial charge in [-0.15, -0.1) is 0 Å².